The Hall–Kier alpha value is -0.120. The van der Waals surface area contributed by atoms with Crippen molar-refractivity contribution in [3.05, 3.63) is 0 Å². The lowest BCUT2D eigenvalue weighted by molar-refractivity contribution is 0.113. The molecule has 2 rings (SSSR count). The second kappa shape index (κ2) is 6.36. The van der Waals surface area contributed by atoms with Crippen LogP contribution in [0.2, 0.25) is 0 Å². The van der Waals surface area contributed by atoms with E-state index in [2.05, 4.69) is 31.1 Å². The second-order valence-electron chi connectivity index (χ2n) is 6.67. The monoisotopic (exact) mass is 254 g/mol. The molecule has 1 heterocycles. The van der Waals surface area contributed by atoms with Crippen LogP contribution in [0, 0.1) is 11.3 Å². The van der Waals surface area contributed by atoms with Crippen LogP contribution in [0.1, 0.15) is 39.5 Å². The molecule has 1 saturated carbocycles. The summed E-state index contributed by atoms with van der Waals surface area (Å²) in [5.74, 6) is 0.797. The Morgan fingerprint density at radius 2 is 2.22 bits per heavy atom. The summed E-state index contributed by atoms with van der Waals surface area (Å²) in [5.41, 5.74) is 0.366. The molecule has 0 aromatic heterocycles. The predicted octanol–water partition coefficient (Wildman–Crippen LogP) is 2.12. The van der Waals surface area contributed by atoms with Crippen molar-refractivity contribution in [3.63, 3.8) is 0 Å². The van der Waals surface area contributed by atoms with E-state index in [-0.39, 0.29) is 0 Å². The lowest BCUT2D eigenvalue weighted by Crippen LogP contribution is -2.45. The SMILES string of the molecule is CCC(C)CN(C)CC1(CNC2CC2)CCOC1. The van der Waals surface area contributed by atoms with Gasteiger partial charge in [0.2, 0.25) is 0 Å². The molecule has 0 radical (unpaired) electrons. The molecular weight excluding hydrogens is 224 g/mol. The van der Waals surface area contributed by atoms with Crippen molar-refractivity contribution < 1.29 is 4.74 Å². The largest absolute Gasteiger partial charge is 0.381 e. The Kier molecular flexibility index (Phi) is 5.05. The molecule has 2 atom stereocenters. The van der Waals surface area contributed by atoms with Crippen LogP contribution in [0.3, 0.4) is 0 Å². The number of rotatable bonds is 8. The molecular formula is C15H30N2O. The Labute approximate surface area is 112 Å². The van der Waals surface area contributed by atoms with E-state index in [1.54, 1.807) is 0 Å². The highest BCUT2D eigenvalue weighted by atomic mass is 16.5. The first-order valence-electron chi connectivity index (χ1n) is 7.63. The second-order valence-corrected chi connectivity index (χ2v) is 6.67. The summed E-state index contributed by atoms with van der Waals surface area (Å²) in [7, 11) is 2.27. The van der Waals surface area contributed by atoms with Crippen LogP contribution in [0.25, 0.3) is 0 Å². The van der Waals surface area contributed by atoms with Crippen LogP contribution >= 0.6 is 0 Å². The number of hydrogen-bond acceptors (Lipinski definition) is 3. The van der Waals surface area contributed by atoms with Gasteiger partial charge >= 0.3 is 0 Å². The number of hydrogen-bond donors (Lipinski definition) is 1. The molecule has 1 aliphatic heterocycles. The van der Waals surface area contributed by atoms with Gasteiger partial charge in [-0.15, -0.1) is 0 Å². The van der Waals surface area contributed by atoms with E-state index < -0.39 is 0 Å². The fourth-order valence-electron chi connectivity index (χ4n) is 2.92. The minimum Gasteiger partial charge on any atom is -0.381 e. The maximum atomic E-state index is 5.68. The van der Waals surface area contributed by atoms with Gasteiger partial charge < -0.3 is 15.0 Å². The third-order valence-corrected chi connectivity index (χ3v) is 4.45. The first-order chi connectivity index (χ1) is 8.63. The van der Waals surface area contributed by atoms with Crippen molar-refractivity contribution in [2.24, 2.45) is 11.3 Å². The van der Waals surface area contributed by atoms with Gasteiger partial charge in [-0.2, -0.15) is 0 Å². The van der Waals surface area contributed by atoms with Gasteiger partial charge in [-0.3, -0.25) is 0 Å². The van der Waals surface area contributed by atoms with Crippen molar-refractivity contribution in [2.75, 3.05) is 39.9 Å². The zero-order chi connectivity index (χ0) is 13.0. The number of nitrogens with zero attached hydrogens (tertiary/aromatic N) is 1. The average Bonchev–Trinajstić information content (AvgIpc) is 3.07. The van der Waals surface area contributed by atoms with E-state index in [1.165, 1.54) is 38.8 Å². The van der Waals surface area contributed by atoms with Crippen LogP contribution in [0.15, 0.2) is 0 Å². The van der Waals surface area contributed by atoms with Crippen molar-refractivity contribution in [2.45, 2.75) is 45.6 Å². The van der Waals surface area contributed by atoms with Crippen molar-refractivity contribution in [3.8, 4) is 0 Å². The number of ether oxygens (including phenoxy) is 1. The van der Waals surface area contributed by atoms with Gasteiger partial charge in [0.25, 0.3) is 0 Å². The first kappa shape index (κ1) is 14.3. The fourth-order valence-corrected chi connectivity index (χ4v) is 2.92. The summed E-state index contributed by atoms with van der Waals surface area (Å²) in [4.78, 5) is 2.51. The lowest BCUT2D eigenvalue weighted by atomic mass is 9.86. The van der Waals surface area contributed by atoms with E-state index in [0.717, 1.165) is 31.7 Å². The Balaban J connectivity index is 1.80. The van der Waals surface area contributed by atoms with Crippen LogP contribution in [-0.4, -0.2) is 50.8 Å². The summed E-state index contributed by atoms with van der Waals surface area (Å²) < 4.78 is 5.68. The lowest BCUT2D eigenvalue weighted by Gasteiger charge is -2.33. The first-order valence-corrected chi connectivity index (χ1v) is 7.63. The van der Waals surface area contributed by atoms with Gasteiger partial charge in [0.1, 0.15) is 0 Å². The Morgan fingerprint density at radius 1 is 1.44 bits per heavy atom. The third kappa shape index (κ3) is 4.22. The van der Waals surface area contributed by atoms with Crippen molar-refractivity contribution in [1.82, 2.24) is 10.2 Å². The Bertz CT molecular complexity index is 247. The normalized spacial score (nSPS) is 30.0. The van der Waals surface area contributed by atoms with Crippen LogP contribution in [0.4, 0.5) is 0 Å². The topological polar surface area (TPSA) is 24.5 Å². The minimum absolute atomic E-state index is 0.366. The summed E-state index contributed by atoms with van der Waals surface area (Å²) in [5, 5.41) is 3.71. The summed E-state index contributed by atoms with van der Waals surface area (Å²) in [6.07, 6.45) is 5.24. The van der Waals surface area contributed by atoms with Gasteiger partial charge in [-0.25, -0.2) is 0 Å². The molecule has 2 fully saturated rings. The molecule has 0 bridgehead atoms. The van der Waals surface area contributed by atoms with E-state index in [4.69, 9.17) is 4.74 Å². The molecule has 3 nitrogen and oxygen atoms in total. The highest BCUT2D eigenvalue weighted by Crippen LogP contribution is 2.30. The minimum atomic E-state index is 0.366. The molecule has 18 heavy (non-hydrogen) atoms. The van der Waals surface area contributed by atoms with E-state index in [1.807, 2.05) is 0 Å². The smallest absolute Gasteiger partial charge is 0.0547 e. The molecule has 1 aliphatic carbocycles. The maximum Gasteiger partial charge on any atom is 0.0547 e. The maximum absolute atomic E-state index is 5.68. The van der Waals surface area contributed by atoms with Gasteiger partial charge in [0.05, 0.1) is 6.61 Å². The number of nitrogens with one attached hydrogen (secondary N) is 1. The Morgan fingerprint density at radius 3 is 2.78 bits per heavy atom. The highest BCUT2D eigenvalue weighted by molar-refractivity contribution is 4.91. The summed E-state index contributed by atoms with van der Waals surface area (Å²) >= 11 is 0. The fraction of sp³-hybridized carbons (Fsp3) is 1.00. The zero-order valence-electron chi connectivity index (χ0n) is 12.4. The quantitative estimate of drug-likeness (QED) is 0.718. The highest BCUT2D eigenvalue weighted by Gasteiger charge is 2.37. The van der Waals surface area contributed by atoms with E-state index in [0.29, 0.717) is 5.41 Å². The molecule has 0 spiro atoms. The predicted molar refractivity (Wildman–Crippen MR) is 75.8 cm³/mol. The standard InChI is InChI=1S/C15H30N2O/c1-4-13(2)9-17(3)11-15(7-8-18-12-15)10-16-14-5-6-14/h13-14,16H,4-12H2,1-3H3. The summed E-state index contributed by atoms with van der Waals surface area (Å²) in [6.45, 7) is 10.0. The van der Waals surface area contributed by atoms with Crippen molar-refractivity contribution >= 4 is 0 Å². The van der Waals surface area contributed by atoms with Gasteiger partial charge in [0, 0.05) is 37.7 Å². The van der Waals surface area contributed by atoms with Gasteiger partial charge in [-0.05, 0) is 32.2 Å². The molecule has 3 heteroatoms. The van der Waals surface area contributed by atoms with Gasteiger partial charge in [0.15, 0.2) is 0 Å². The van der Waals surface area contributed by atoms with Crippen LogP contribution in [0.5, 0.6) is 0 Å². The zero-order valence-corrected chi connectivity index (χ0v) is 12.4. The summed E-state index contributed by atoms with van der Waals surface area (Å²) in [6, 6.07) is 0.808. The van der Waals surface area contributed by atoms with Gasteiger partial charge in [-0.1, -0.05) is 20.3 Å². The van der Waals surface area contributed by atoms with Crippen molar-refractivity contribution in [1.29, 1.82) is 0 Å². The molecule has 0 aromatic carbocycles. The molecule has 1 N–H and O–H groups in total. The molecule has 106 valence electrons. The van der Waals surface area contributed by atoms with E-state index >= 15 is 0 Å². The third-order valence-electron chi connectivity index (χ3n) is 4.45. The molecule has 2 aliphatic rings. The van der Waals surface area contributed by atoms with E-state index in [9.17, 15) is 0 Å². The average molecular weight is 254 g/mol. The van der Waals surface area contributed by atoms with Crippen LogP contribution in [-0.2, 0) is 4.74 Å². The molecule has 2 unspecified atom stereocenters. The molecule has 0 aromatic rings. The van der Waals surface area contributed by atoms with Crippen LogP contribution < -0.4 is 5.32 Å². The molecule has 0 amide bonds. The molecule has 1 saturated heterocycles.